The maximum atomic E-state index is 12.2. The van der Waals surface area contributed by atoms with E-state index in [2.05, 4.69) is 5.32 Å². The van der Waals surface area contributed by atoms with Gasteiger partial charge in [-0.25, -0.2) is 4.79 Å². The quantitative estimate of drug-likeness (QED) is 0.821. The number of amides is 1. The molecular weight excluding hydrogens is 290 g/mol. The Bertz CT molecular complexity index is 667. The van der Waals surface area contributed by atoms with E-state index in [0.29, 0.717) is 24.3 Å². The van der Waals surface area contributed by atoms with Gasteiger partial charge in [0.2, 0.25) is 5.91 Å². The molecular formula is C19H21NO3. The zero-order valence-electron chi connectivity index (χ0n) is 13.4. The Kier molecular flexibility index (Phi) is 5.92. The van der Waals surface area contributed by atoms with Crippen LogP contribution < -0.4 is 5.32 Å². The maximum absolute atomic E-state index is 12.2. The van der Waals surface area contributed by atoms with Crippen molar-refractivity contribution in [3.8, 4) is 0 Å². The van der Waals surface area contributed by atoms with Gasteiger partial charge in [0.15, 0.2) is 0 Å². The monoisotopic (exact) mass is 311 g/mol. The van der Waals surface area contributed by atoms with E-state index in [1.165, 1.54) is 0 Å². The summed E-state index contributed by atoms with van der Waals surface area (Å²) in [4.78, 5) is 23.9. The molecule has 0 radical (unpaired) electrons. The number of nitrogens with one attached hydrogen (secondary N) is 1. The summed E-state index contributed by atoms with van der Waals surface area (Å²) < 4.78 is 4.96. The molecule has 1 N–H and O–H groups in total. The number of anilines is 1. The van der Waals surface area contributed by atoms with Crippen molar-refractivity contribution >= 4 is 17.6 Å². The van der Waals surface area contributed by atoms with Crippen LogP contribution in [0.2, 0.25) is 0 Å². The number of hydrogen-bond donors (Lipinski definition) is 1. The normalized spacial score (nSPS) is 11.6. The smallest absolute Gasteiger partial charge is 0.338 e. The Morgan fingerprint density at radius 2 is 1.83 bits per heavy atom. The van der Waals surface area contributed by atoms with Gasteiger partial charge < -0.3 is 10.1 Å². The van der Waals surface area contributed by atoms with Crippen LogP contribution in [0, 0.1) is 0 Å². The lowest BCUT2D eigenvalue weighted by molar-refractivity contribution is -0.116. The van der Waals surface area contributed by atoms with Crippen molar-refractivity contribution in [1.82, 2.24) is 0 Å². The lowest BCUT2D eigenvalue weighted by Gasteiger charge is -2.12. The summed E-state index contributed by atoms with van der Waals surface area (Å²) in [6, 6.07) is 16.7. The summed E-state index contributed by atoms with van der Waals surface area (Å²) in [5.74, 6) is -0.340. The number of rotatable bonds is 6. The molecule has 2 aromatic carbocycles. The zero-order chi connectivity index (χ0) is 16.7. The Labute approximate surface area is 136 Å². The van der Waals surface area contributed by atoms with Crippen molar-refractivity contribution in [3.63, 3.8) is 0 Å². The average Bonchev–Trinajstić information content (AvgIpc) is 2.56. The predicted octanol–water partition coefficient (Wildman–Crippen LogP) is 4.00. The Morgan fingerprint density at radius 1 is 1.09 bits per heavy atom. The van der Waals surface area contributed by atoms with Crippen LogP contribution in [0.5, 0.6) is 0 Å². The molecule has 4 nitrogen and oxygen atoms in total. The van der Waals surface area contributed by atoms with Crippen molar-refractivity contribution in [2.24, 2.45) is 0 Å². The summed E-state index contributed by atoms with van der Waals surface area (Å²) >= 11 is 0. The summed E-state index contributed by atoms with van der Waals surface area (Å²) in [7, 11) is 0. The Balaban J connectivity index is 1.97. The molecule has 120 valence electrons. The second kappa shape index (κ2) is 8.13. The Hall–Kier alpha value is -2.62. The van der Waals surface area contributed by atoms with Crippen LogP contribution in [0.25, 0.3) is 0 Å². The van der Waals surface area contributed by atoms with Gasteiger partial charge in [0.05, 0.1) is 12.2 Å². The van der Waals surface area contributed by atoms with Crippen LogP contribution in [0.15, 0.2) is 54.6 Å². The summed E-state index contributed by atoms with van der Waals surface area (Å²) in [6.45, 7) is 4.10. The third-order valence-corrected chi connectivity index (χ3v) is 3.52. The molecule has 0 aliphatic carbocycles. The van der Waals surface area contributed by atoms with Crippen LogP contribution in [0.3, 0.4) is 0 Å². The van der Waals surface area contributed by atoms with E-state index in [1.54, 1.807) is 31.2 Å². The topological polar surface area (TPSA) is 55.4 Å². The molecule has 0 spiro atoms. The van der Waals surface area contributed by atoms with E-state index in [4.69, 9.17) is 4.74 Å². The highest BCUT2D eigenvalue weighted by Gasteiger charge is 2.12. The Morgan fingerprint density at radius 3 is 2.52 bits per heavy atom. The van der Waals surface area contributed by atoms with Crippen molar-refractivity contribution in [1.29, 1.82) is 0 Å². The largest absolute Gasteiger partial charge is 0.462 e. The molecule has 23 heavy (non-hydrogen) atoms. The van der Waals surface area contributed by atoms with Crippen molar-refractivity contribution < 1.29 is 14.3 Å². The second-order valence-electron chi connectivity index (χ2n) is 5.37. The van der Waals surface area contributed by atoms with Crippen LogP contribution in [0.1, 0.15) is 42.1 Å². The van der Waals surface area contributed by atoms with Gasteiger partial charge in [-0.15, -0.1) is 0 Å². The molecule has 0 heterocycles. The second-order valence-corrected chi connectivity index (χ2v) is 5.37. The van der Waals surface area contributed by atoms with E-state index in [0.717, 1.165) is 5.56 Å². The van der Waals surface area contributed by atoms with Crippen molar-refractivity contribution in [2.45, 2.75) is 26.2 Å². The first-order valence-electron chi connectivity index (χ1n) is 7.72. The van der Waals surface area contributed by atoms with Gasteiger partial charge in [0.25, 0.3) is 0 Å². The first-order chi connectivity index (χ1) is 11.1. The first-order valence-corrected chi connectivity index (χ1v) is 7.72. The summed E-state index contributed by atoms with van der Waals surface area (Å²) in [6.07, 6.45) is 0.383. The molecule has 0 aromatic heterocycles. The van der Waals surface area contributed by atoms with E-state index in [-0.39, 0.29) is 17.8 Å². The molecule has 0 aliphatic heterocycles. The fraction of sp³-hybridized carbons (Fsp3) is 0.263. The maximum Gasteiger partial charge on any atom is 0.338 e. The molecule has 0 saturated carbocycles. The lowest BCUT2D eigenvalue weighted by atomic mass is 9.97. The highest BCUT2D eigenvalue weighted by molar-refractivity contribution is 5.94. The fourth-order valence-electron chi connectivity index (χ4n) is 2.33. The van der Waals surface area contributed by atoms with E-state index in [9.17, 15) is 9.59 Å². The van der Waals surface area contributed by atoms with Crippen LogP contribution in [-0.2, 0) is 9.53 Å². The molecule has 0 saturated heterocycles. The molecule has 0 fully saturated rings. The van der Waals surface area contributed by atoms with Gasteiger partial charge in [0.1, 0.15) is 0 Å². The van der Waals surface area contributed by atoms with E-state index >= 15 is 0 Å². The van der Waals surface area contributed by atoms with E-state index in [1.807, 2.05) is 37.3 Å². The zero-order valence-corrected chi connectivity index (χ0v) is 13.4. The summed E-state index contributed by atoms with van der Waals surface area (Å²) in [5.41, 5.74) is 2.16. The average molecular weight is 311 g/mol. The van der Waals surface area contributed by atoms with Gasteiger partial charge >= 0.3 is 5.97 Å². The molecule has 2 aromatic rings. The lowest BCUT2D eigenvalue weighted by Crippen LogP contribution is -2.15. The molecule has 1 atom stereocenters. The predicted molar refractivity (Wildman–Crippen MR) is 90.5 cm³/mol. The fourth-order valence-corrected chi connectivity index (χ4v) is 2.33. The standard InChI is InChI=1S/C19H21NO3/c1-3-23-19(22)16-10-7-11-17(13-16)20-18(21)12-14(2)15-8-5-4-6-9-15/h4-11,13-14H,3,12H2,1-2H3,(H,20,21)/t14-/m1/s1. The third-order valence-electron chi connectivity index (χ3n) is 3.52. The highest BCUT2D eigenvalue weighted by atomic mass is 16.5. The molecule has 0 bridgehead atoms. The van der Waals surface area contributed by atoms with Crippen LogP contribution >= 0.6 is 0 Å². The number of ether oxygens (including phenoxy) is 1. The number of carbonyl (C=O) groups is 2. The number of benzene rings is 2. The van der Waals surface area contributed by atoms with Crippen LogP contribution in [0.4, 0.5) is 5.69 Å². The number of hydrogen-bond acceptors (Lipinski definition) is 3. The van der Waals surface area contributed by atoms with Gasteiger partial charge in [-0.1, -0.05) is 43.3 Å². The van der Waals surface area contributed by atoms with Gasteiger partial charge in [-0.2, -0.15) is 0 Å². The minimum Gasteiger partial charge on any atom is -0.462 e. The third kappa shape index (κ3) is 4.95. The minimum atomic E-state index is -0.388. The molecule has 2 rings (SSSR count). The van der Waals surface area contributed by atoms with Crippen molar-refractivity contribution in [2.75, 3.05) is 11.9 Å². The number of esters is 1. The molecule has 4 heteroatoms. The molecule has 0 unspecified atom stereocenters. The van der Waals surface area contributed by atoms with E-state index < -0.39 is 0 Å². The van der Waals surface area contributed by atoms with Crippen LogP contribution in [-0.4, -0.2) is 18.5 Å². The van der Waals surface area contributed by atoms with Crippen molar-refractivity contribution in [3.05, 3.63) is 65.7 Å². The first kappa shape index (κ1) is 16.7. The SMILES string of the molecule is CCOC(=O)c1cccc(NC(=O)C[C@@H](C)c2ccccc2)c1. The molecule has 0 aliphatic rings. The van der Waals surface area contributed by atoms with Gasteiger partial charge in [-0.05, 0) is 36.6 Å². The molecule has 1 amide bonds. The number of carbonyl (C=O) groups excluding carboxylic acids is 2. The summed E-state index contributed by atoms with van der Waals surface area (Å²) in [5, 5.41) is 2.83. The highest BCUT2D eigenvalue weighted by Crippen LogP contribution is 2.20. The minimum absolute atomic E-state index is 0.0811. The van der Waals surface area contributed by atoms with Gasteiger partial charge in [0, 0.05) is 12.1 Å². The van der Waals surface area contributed by atoms with Gasteiger partial charge in [-0.3, -0.25) is 4.79 Å².